The Balaban J connectivity index is 3.47. The third kappa shape index (κ3) is 2.01. The van der Waals surface area contributed by atoms with Gasteiger partial charge in [0.2, 0.25) is 0 Å². The van der Waals surface area contributed by atoms with Gasteiger partial charge in [-0.15, -0.1) is 0 Å². The molecule has 1 rings (SSSR count). The first-order valence-electron chi connectivity index (χ1n) is 5.11. The van der Waals surface area contributed by atoms with Crippen molar-refractivity contribution in [1.29, 1.82) is 0 Å². The predicted octanol–water partition coefficient (Wildman–Crippen LogP) is 2.73. The molecule has 0 spiro atoms. The van der Waals surface area contributed by atoms with Crippen LogP contribution in [0.15, 0.2) is 6.07 Å². The van der Waals surface area contributed by atoms with Crippen LogP contribution in [0.3, 0.4) is 0 Å². The van der Waals surface area contributed by atoms with Crippen LogP contribution in [0.4, 0.5) is 4.39 Å². The number of aliphatic carboxylic acids is 1. The fraction of sp³-hybridized carbons (Fsp3) is 0.417. The molecule has 4 heteroatoms. The smallest absolute Gasteiger partial charge is 0.311 e. The Kier molecular flexibility index (Phi) is 3.52. The molecule has 0 aromatic heterocycles. The van der Waals surface area contributed by atoms with Gasteiger partial charge in [0, 0.05) is 5.56 Å². The highest BCUT2D eigenvalue weighted by atomic mass is 19.1. The summed E-state index contributed by atoms with van der Waals surface area (Å²) in [6.07, 6.45) is 0.312. The summed E-state index contributed by atoms with van der Waals surface area (Å²) in [6.45, 7) is 4.73. The minimum Gasteiger partial charge on any atom is -0.507 e. The van der Waals surface area contributed by atoms with Crippen LogP contribution in [-0.4, -0.2) is 16.2 Å². The van der Waals surface area contributed by atoms with Crippen LogP contribution >= 0.6 is 0 Å². The van der Waals surface area contributed by atoms with Crippen molar-refractivity contribution in [2.45, 2.75) is 33.1 Å². The first kappa shape index (κ1) is 12.5. The number of phenolic OH excluding ortho intramolecular Hbond substituents is 1. The molecule has 0 amide bonds. The lowest BCUT2D eigenvalue weighted by molar-refractivity contribution is -0.138. The molecule has 1 atom stereocenters. The summed E-state index contributed by atoms with van der Waals surface area (Å²) in [5.74, 6) is -2.52. The van der Waals surface area contributed by atoms with Gasteiger partial charge in [-0.2, -0.15) is 0 Å². The van der Waals surface area contributed by atoms with E-state index in [2.05, 4.69) is 0 Å². The van der Waals surface area contributed by atoms with Crippen molar-refractivity contribution in [3.63, 3.8) is 0 Å². The molecule has 0 radical (unpaired) electrons. The zero-order chi connectivity index (χ0) is 12.5. The number of aromatic hydroxyl groups is 1. The summed E-state index contributed by atoms with van der Waals surface area (Å²) in [5.41, 5.74) is 0.752. The van der Waals surface area contributed by atoms with E-state index in [1.807, 2.05) is 0 Å². The average Bonchev–Trinajstić information content (AvgIpc) is 2.21. The number of phenols is 1. The van der Waals surface area contributed by atoms with Gasteiger partial charge in [-0.05, 0) is 37.5 Å². The number of halogens is 1. The van der Waals surface area contributed by atoms with E-state index in [-0.39, 0.29) is 16.9 Å². The lowest BCUT2D eigenvalue weighted by atomic mass is 9.90. The molecule has 0 saturated carbocycles. The Morgan fingerprint density at radius 2 is 2.06 bits per heavy atom. The molecule has 0 aliphatic carbocycles. The predicted molar refractivity (Wildman–Crippen MR) is 58.2 cm³/mol. The summed E-state index contributed by atoms with van der Waals surface area (Å²) >= 11 is 0. The summed E-state index contributed by atoms with van der Waals surface area (Å²) < 4.78 is 13.5. The fourth-order valence-electron chi connectivity index (χ4n) is 1.81. The van der Waals surface area contributed by atoms with Crippen LogP contribution in [-0.2, 0) is 4.79 Å². The zero-order valence-electron chi connectivity index (χ0n) is 9.54. The highest BCUT2D eigenvalue weighted by Crippen LogP contribution is 2.35. The second-order valence-electron chi connectivity index (χ2n) is 3.86. The Hall–Kier alpha value is -1.58. The molecule has 3 nitrogen and oxygen atoms in total. The normalized spacial score (nSPS) is 12.5. The van der Waals surface area contributed by atoms with E-state index < -0.39 is 17.7 Å². The van der Waals surface area contributed by atoms with Crippen LogP contribution in [0.2, 0.25) is 0 Å². The highest BCUT2D eigenvalue weighted by molar-refractivity contribution is 5.78. The number of carbonyl (C=O) groups is 1. The molecule has 0 saturated heterocycles. The average molecular weight is 226 g/mol. The molecule has 0 aliphatic heterocycles. The molecule has 88 valence electrons. The molecule has 0 heterocycles. The van der Waals surface area contributed by atoms with Crippen molar-refractivity contribution in [3.8, 4) is 5.75 Å². The van der Waals surface area contributed by atoms with Crippen molar-refractivity contribution in [2.24, 2.45) is 0 Å². The number of benzene rings is 1. The van der Waals surface area contributed by atoms with Gasteiger partial charge >= 0.3 is 5.97 Å². The third-order valence-corrected chi connectivity index (χ3v) is 2.79. The van der Waals surface area contributed by atoms with E-state index in [9.17, 15) is 14.3 Å². The third-order valence-electron chi connectivity index (χ3n) is 2.79. The van der Waals surface area contributed by atoms with Crippen molar-refractivity contribution in [1.82, 2.24) is 0 Å². The summed E-state index contributed by atoms with van der Waals surface area (Å²) in [4.78, 5) is 11.0. The number of hydrogen-bond donors (Lipinski definition) is 2. The minimum atomic E-state index is -1.05. The van der Waals surface area contributed by atoms with E-state index in [1.54, 1.807) is 13.8 Å². The SMILES string of the molecule is CCC(C(=O)O)c1c(C)c(F)cc(C)c1O. The monoisotopic (exact) mass is 226 g/mol. The summed E-state index contributed by atoms with van der Waals surface area (Å²) in [5, 5.41) is 18.8. The van der Waals surface area contributed by atoms with Gasteiger partial charge in [0.15, 0.2) is 0 Å². The zero-order valence-corrected chi connectivity index (χ0v) is 9.54. The molecule has 1 aromatic rings. The quantitative estimate of drug-likeness (QED) is 0.833. The number of hydrogen-bond acceptors (Lipinski definition) is 2. The van der Waals surface area contributed by atoms with Crippen LogP contribution in [0.5, 0.6) is 5.75 Å². The van der Waals surface area contributed by atoms with Gasteiger partial charge in [-0.25, -0.2) is 4.39 Å². The second-order valence-corrected chi connectivity index (χ2v) is 3.86. The van der Waals surface area contributed by atoms with Gasteiger partial charge in [-0.1, -0.05) is 6.92 Å². The van der Waals surface area contributed by atoms with Crippen molar-refractivity contribution in [3.05, 3.63) is 28.6 Å². The topological polar surface area (TPSA) is 57.5 Å². The van der Waals surface area contributed by atoms with Crippen LogP contribution in [0.1, 0.15) is 36.0 Å². The van der Waals surface area contributed by atoms with Gasteiger partial charge in [-0.3, -0.25) is 4.79 Å². The van der Waals surface area contributed by atoms with Crippen LogP contribution in [0.25, 0.3) is 0 Å². The summed E-state index contributed by atoms with van der Waals surface area (Å²) in [7, 11) is 0. The lowest BCUT2D eigenvalue weighted by Crippen LogP contribution is -2.13. The number of aryl methyl sites for hydroxylation is 1. The number of carboxylic acids is 1. The molecule has 1 aromatic carbocycles. The maximum absolute atomic E-state index is 13.5. The molecule has 0 fully saturated rings. The molecule has 16 heavy (non-hydrogen) atoms. The maximum atomic E-state index is 13.5. The van der Waals surface area contributed by atoms with Gasteiger partial charge in [0.05, 0.1) is 5.92 Å². The van der Waals surface area contributed by atoms with Gasteiger partial charge < -0.3 is 10.2 Å². The van der Waals surface area contributed by atoms with Crippen LogP contribution < -0.4 is 0 Å². The second kappa shape index (κ2) is 4.51. The van der Waals surface area contributed by atoms with Crippen molar-refractivity contribution < 1.29 is 19.4 Å². The highest BCUT2D eigenvalue weighted by Gasteiger charge is 2.25. The largest absolute Gasteiger partial charge is 0.507 e. The Morgan fingerprint density at radius 3 is 2.50 bits per heavy atom. The van der Waals surface area contributed by atoms with Gasteiger partial charge in [0.1, 0.15) is 11.6 Å². The molecule has 0 aliphatic rings. The first-order chi connectivity index (χ1) is 7.40. The lowest BCUT2D eigenvalue weighted by Gasteiger charge is -2.17. The fourth-order valence-corrected chi connectivity index (χ4v) is 1.81. The number of carboxylic acid groups (broad SMARTS) is 1. The van der Waals surface area contributed by atoms with Crippen LogP contribution in [0, 0.1) is 19.7 Å². The summed E-state index contributed by atoms with van der Waals surface area (Å²) in [6, 6.07) is 1.21. The Labute approximate surface area is 93.5 Å². The van der Waals surface area contributed by atoms with Crippen molar-refractivity contribution >= 4 is 5.97 Å². The molecule has 2 N–H and O–H groups in total. The molecule has 1 unspecified atom stereocenters. The van der Waals surface area contributed by atoms with Gasteiger partial charge in [0.25, 0.3) is 0 Å². The van der Waals surface area contributed by atoms with E-state index in [0.29, 0.717) is 12.0 Å². The number of rotatable bonds is 3. The van der Waals surface area contributed by atoms with E-state index in [4.69, 9.17) is 5.11 Å². The first-order valence-corrected chi connectivity index (χ1v) is 5.11. The van der Waals surface area contributed by atoms with E-state index in [1.165, 1.54) is 13.0 Å². The van der Waals surface area contributed by atoms with E-state index >= 15 is 0 Å². The maximum Gasteiger partial charge on any atom is 0.311 e. The molecular formula is C12H15FO3. The minimum absolute atomic E-state index is 0.117. The molecule has 0 bridgehead atoms. The molecular weight excluding hydrogens is 211 g/mol. The van der Waals surface area contributed by atoms with E-state index in [0.717, 1.165) is 0 Å². The standard InChI is InChI=1S/C12H15FO3/c1-4-8(12(15)16)10-7(3)9(13)5-6(2)11(10)14/h5,8,14H,4H2,1-3H3,(H,15,16). The Morgan fingerprint density at radius 1 is 1.50 bits per heavy atom. The Bertz CT molecular complexity index is 401. The van der Waals surface area contributed by atoms with Crippen molar-refractivity contribution in [2.75, 3.05) is 0 Å².